The zero-order valence-electron chi connectivity index (χ0n) is 10.2. The summed E-state index contributed by atoms with van der Waals surface area (Å²) >= 11 is 6.81. The van der Waals surface area contributed by atoms with Crippen molar-refractivity contribution in [2.75, 3.05) is 16.8 Å². The Labute approximate surface area is 123 Å². The Balaban J connectivity index is 2.42. The smallest absolute Gasteiger partial charge is 0.299 e. The number of ketones is 1. The maximum Gasteiger partial charge on any atom is 0.299 e. The zero-order chi connectivity index (χ0) is 13.5. The van der Waals surface area contributed by atoms with E-state index in [4.69, 9.17) is 0 Å². The number of nitrogens with zero attached hydrogens (tertiary/aromatic N) is 1. The Morgan fingerprint density at radius 3 is 2.56 bits per heavy atom. The van der Waals surface area contributed by atoms with Crippen LogP contribution in [0.3, 0.4) is 0 Å². The minimum atomic E-state index is -0.433. The molecule has 0 aromatic heterocycles. The molecular weight excluding hydrogens is 362 g/mol. The second kappa shape index (κ2) is 4.78. The molecule has 3 nitrogen and oxygen atoms in total. The second-order valence-electron chi connectivity index (χ2n) is 5.18. The molecule has 1 amide bonds. The van der Waals surface area contributed by atoms with E-state index in [0.717, 1.165) is 9.80 Å². The number of hydrogen-bond acceptors (Lipinski definition) is 2. The predicted octanol–water partition coefficient (Wildman–Crippen LogP) is 3.40. The number of alkyl halides is 1. The van der Waals surface area contributed by atoms with E-state index in [1.165, 1.54) is 0 Å². The number of benzene rings is 1. The van der Waals surface area contributed by atoms with E-state index in [0.29, 0.717) is 17.8 Å². The van der Waals surface area contributed by atoms with Gasteiger partial charge in [0.15, 0.2) is 0 Å². The molecule has 96 valence electrons. The molecule has 0 atom stereocenters. The molecule has 0 spiro atoms. The molecule has 0 aliphatic carbocycles. The summed E-state index contributed by atoms with van der Waals surface area (Å²) in [5, 5.41) is 0.765. The Hall–Kier alpha value is -0.680. The first-order valence-corrected chi connectivity index (χ1v) is 7.49. The third-order valence-corrected chi connectivity index (χ3v) is 4.89. The van der Waals surface area contributed by atoms with Crippen LogP contribution in [0.15, 0.2) is 22.7 Å². The van der Waals surface area contributed by atoms with E-state index in [1.54, 1.807) is 17.0 Å². The van der Waals surface area contributed by atoms with Crippen LogP contribution in [0, 0.1) is 5.41 Å². The van der Waals surface area contributed by atoms with Crippen molar-refractivity contribution >= 4 is 49.2 Å². The molecule has 1 aromatic rings. The number of fused-ring (bicyclic) bond motifs is 1. The monoisotopic (exact) mass is 373 g/mol. The molecule has 0 radical (unpaired) electrons. The molecule has 1 aliphatic heterocycles. The first-order chi connectivity index (χ1) is 8.35. The van der Waals surface area contributed by atoms with Gasteiger partial charge < -0.3 is 4.90 Å². The standard InChI is InChI=1S/C13H13Br2NO2/c1-13(2,6-14)7-16-10-5-8(15)3-4-9(10)11(17)12(16)18/h3-5H,6-7H2,1-2H3. The Kier molecular flexibility index (Phi) is 3.65. The number of halogens is 2. The summed E-state index contributed by atoms with van der Waals surface area (Å²) in [5.41, 5.74) is 1.11. The Morgan fingerprint density at radius 2 is 1.94 bits per heavy atom. The van der Waals surface area contributed by atoms with Crippen molar-refractivity contribution in [2.24, 2.45) is 5.41 Å². The van der Waals surface area contributed by atoms with Crippen LogP contribution in [0.2, 0.25) is 0 Å². The summed E-state index contributed by atoms with van der Waals surface area (Å²) in [6, 6.07) is 5.30. The van der Waals surface area contributed by atoms with E-state index in [2.05, 4.69) is 45.7 Å². The van der Waals surface area contributed by atoms with Gasteiger partial charge in [0.2, 0.25) is 0 Å². The van der Waals surface area contributed by atoms with Gasteiger partial charge in [-0.25, -0.2) is 0 Å². The fourth-order valence-corrected chi connectivity index (χ4v) is 2.42. The van der Waals surface area contributed by atoms with Crippen molar-refractivity contribution in [3.63, 3.8) is 0 Å². The molecule has 5 heteroatoms. The Bertz CT molecular complexity index is 526. The average Bonchev–Trinajstić information content (AvgIpc) is 2.54. The lowest BCUT2D eigenvalue weighted by atomic mass is 9.96. The number of rotatable bonds is 3. The van der Waals surface area contributed by atoms with Crippen molar-refractivity contribution in [1.82, 2.24) is 0 Å². The van der Waals surface area contributed by atoms with Crippen LogP contribution in [0.4, 0.5) is 5.69 Å². The third-order valence-electron chi connectivity index (χ3n) is 2.88. The average molecular weight is 375 g/mol. The van der Waals surface area contributed by atoms with E-state index < -0.39 is 11.7 Å². The lowest BCUT2D eigenvalue weighted by molar-refractivity contribution is -0.114. The number of hydrogen-bond donors (Lipinski definition) is 0. The van der Waals surface area contributed by atoms with Crippen molar-refractivity contribution in [3.05, 3.63) is 28.2 Å². The quantitative estimate of drug-likeness (QED) is 0.600. The molecule has 0 bridgehead atoms. The first kappa shape index (κ1) is 13.7. The van der Waals surface area contributed by atoms with Crippen LogP contribution in [0.5, 0.6) is 0 Å². The third kappa shape index (κ3) is 2.38. The number of anilines is 1. The summed E-state index contributed by atoms with van der Waals surface area (Å²) in [5.74, 6) is -0.847. The molecule has 1 heterocycles. The molecule has 1 aliphatic rings. The van der Waals surface area contributed by atoms with Gasteiger partial charge in [0.1, 0.15) is 0 Å². The summed E-state index contributed by atoms with van der Waals surface area (Å²) in [4.78, 5) is 25.5. The van der Waals surface area contributed by atoms with Gasteiger partial charge in [0.25, 0.3) is 11.7 Å². The van der Waals surface area contributed by atoms with Gasteiger partial charge in [-0.3, -0.25) is 9.59 Å². The minimum absolute atomic E-state index is 0.0835. The lowest BCUT2D eigenvalue weighted by Gasteiger charge is -2.28. The van der Waals surface area contributed by atoms with Crippen LogP contribution >= 0.6 is 31.9 Å². The molecule has 18 heavy (non-hydrogen) atoms. The number of carbonyl (C=O) groups excluding carboxylic acids is 2. The minimum Gasteiger partial charge on any atom is -0.304 e. The van der Waals surface area contributed by atoms with Gasteiger partial charge >= 0.3 is 0 Å². The fraction of sp³-hybridized carbons (Fsp3) is 0.385. The van der Waals surface area contributed by atoms with Crippen molar-refractivity contribution in [1.29, 1.82) is 0 Å². The maximum absolute atomic E-state index is 12.0. The van der Waals surface area contributed by atoms with Crippen molar-refractivity contribution in [2.45, 2.75) is 13.8 Å². The molecule has 0 unspecified atom stereocenters. The van der Waals surface area contributed by atoms with Crippen LogP contribution in [0.1, 0.15) is 24.2 Å². The SMILES string of the molecule is CC(C)(CBr)CN1C(=O)C(=O)c2ccc(Br)cc21. The number of amides is 1. The lowest BCUT2D eigenvalue weighted by Crippen LogP contribution is -2.38. The largest absolute Gasteiger partial charge is 0.304 e. The predicted molar refractivity (Wildman–Crippen MR) is 78.4 cm³/mol. The zero-order valence-corrected chi connectivity index (χ0v) is 13.3. The van der Waals surface area contributed by atoms with Gasteiger partial charge in [0.05, 0.1) is 11.3 Å². The molecule has 0 N–H and O–H groups in total. The van der Waals surface area contributed by atoms with Gasteiger partial charge in [-0.2, -0.15) is 0 Å². The van der Waals surface area contributed by atoms with Crippen LogP contribution < -0.4 is 4.90 Å². The van der Waals surface area contributed by atoms with Crippen LogP contribution in [-0.2, 0) is 4.79 Å². The highest BCUT2D eigenvalue weighted by Gasteiger charge is 2.38. The Morgan fingerprint density at radius 1 is 1.28 bits per heavy atom. The summed E-state index contributed by atoms with van der Waals surface area (Å²) < 4.78 is 0.866. The van der Waals surface area contributed by atoms with Crippen LogP contribution in [-0.4, -0.2) is 23.6 Å². The van der Waals surface area contributed by atoms with E-state index in [1.807, 2.05) is 6.07 Å². The summed E-state index contributed by atoms with van der Waals surface area (Å²) in [7, 11) is 0. The van der Waals surface area contributed by atoms with Crippen molar-refractivity contribution in [3.8, 4) is 0 Å². The topological polar surface area (TPSA) is 37.4 Å². The van der Waals surface area contributed by atoms with Gasteiger partial charge in [0, 0.05) is 16.3 Å². The molecule has 0 fully saturated rings. The normalized spacial score (nSPS) is 15.2. The summed E-state index contributed by atoms with van der Waals surface area (Å²) in [6.45, 7) is 4.62. The number of carbonyl (C=O) groups is 2. The van der Waals surface area contributed by atoms with Gasteiger partial charge in [-0.1, -0.05) is 45.7 Å². The highest BCUT2D eigenvalue weighted by Crippen LogP contribution is 2.34. The van der Waals surface area contributed by atoms with Gasteiger partial charge in [-0.15, -0.1) is 0 Å². The molecule has 0 saturated carbocycles. The molecule has 1 aromatic carbocycles. The summed E-state index contributed by atoms with van der Waals surface area (Å²) in [6.07, 6.45) is 0. The first-order valence-electron chi connectivity index (χ1n) is 5.57. The number of Topliss-reactive ketones (excluding diaryl/α,β-unsaturated/α-hetero) is 1. The molecule has 0 saturated heterocycles. The van der Waals surface area contributed by atoms with Crippen LogP contribution in [0.25, 0.3) is 0 Å². The van der Waals surface area contributed by atoms with E-state index >= 15 is 0 Å². The van der Waals surface area contributed by atoms with E-state index in [-0.39, 0.29) is 5.41 Å². The van der Waals surface area contributed by atoms with E-state index in [9.17, 15) is 9.59 Å². The molecular formula is C13H13Br2NO2. The maximum atomic E-state index is 12.0. The highest BCUT2D eigenvalue weighted by molar-refractivity contribution is 9.10. The van der Waals surface area contributed by atoms with Gasteiger partial charge in [-0.05, 0) is 23.6 Å². The highest BCUT2D eigenvalue weighted by atomic mass is 79.9. The van der Waals surface area contributed by atoms with Crippen molar-refractivity contribution < 1.29 is 9.59 Å². The molecule has 2 rings (SSSR count). The fourth-order valence-electron chi connectivity index (χ4n) is 1.89. The second-order valence-corrected chi connectivity index (χ2v) is 6.66.